The fourth-order valence-electron chi connectivity index (χ4n) is 2.38. The second kappa shape index (κ2) is 5.28. The van der Waals surface area contributed by atoms with Crippen molar-refractivity contribution in [2.45, 2.75) is 6.42 Å². The summed E-state index contributed by atoms with van der Waals surface area (Å²) in [6, 6.07) is 7.84. The van der Waals surface area contributed by atoms with E-state index in [1.807, 2.05) is 24.3 Å². The number of carbonyl (C=O) groups excluding carboxylic acids is 1. The van der Waals surface area contributed by atoms with Gasteiger partial charge in [-0.25, -0.2) is 0 Å². The molecule has 0 aliphatic carbocycles. The maximum absolute atomic E-state index is 12.2. The van der Waals surface area contributed by atoms with E-state index in [2.05, 4.69) is 21.7 Å². The number of hydrogen-bond donors (Lipinski definition) is 3. The predicted molar refractivity (Wildman–Crippen MR) is 76.2 cm³/mol. The molecule has 1 aliphatic heterocycles. The minimum absolute atomic E-state index is 0.0168. The normalized spacial score (nSPS) is 15.3. The molecule has 0 radical (unpaired) electrons. The van der Waals surface area contributed by atoms with E-state index in [9.17, 15) is 4.79 Å². The molecule has 4 heteroatoms. The van der Waals surface area contributed by atoms with Gasteiger partial charge in [-0.1, -0.05) is 29.8 Å². The van der Waals surface area contributed by atoms with Crippen LogP contribution in [0.5, 0.6) is 0 Å². The quantitative estimate of drug-likeness (QED) is 0.733. The Morgan fingerprint density at radius 2 is 2.21 bits per heavy atom. The first kappa shape index (κ1) is 12.0. The van der Waals surface area contributed by atoms with Crippen LogP contribution < -0.4 is 10.6 Å². The molecule has 19 heavy (non-hydrogen) atoms. The minimum Gasteiger partial charge on any atom is -0.360 e. The lowest BCUT2D eigenvalue weighted by Crippen LogP contribution is -2.29. The maximum Gasteiger partial charge on any atom is 0.253 e. The van der Waals surface area contributed by atoms with Crippen molar-refractivity contribution in [3.63, 3.8) is 0 Å². The van der Waals surface area contributed by atoms with Crippen LogP contribution in [-0.4, -0.2) is 30.5 Å². The van der Waals surface area contributed by atoms with Crippen LogP contribution in [0.4, 0.5) is 0 Å². The highest BCUT2D eigenvalue weighted by Gasteiger charge is 2.12. The Balaban J connectivity index is 1.71. The zero-order valence-corrected chi connectivity index (χ0v) is 10.7. The van der Waals surface area contributed by atoms with Crippen molar-refractivity contribution in [3.8, 4) is 0 Å². The Kier molecular flexibility index (Phi) is 3.33. The maximum atomic E-state index is 12.2. The molecule has 3 rings (SSSR count). The molecule has 0 spiro atoms. The van der Waals surface area contributed by atoms with Gasteiger partial charge in [-0.05, 0) is 19.0 Å². The highest BCUT2D eigenvalue weighted by Crippen LogP contribution is 2.17. The smallest absolute Gasteiger partial charge is 0.253 e. The summed E-state index contributed by atoms with van der Waals surface area (Å²) in [6.45, 7) is 2.53. The number of carbonyl (C=O) groups is 1. The summed E-state index contributed by atoms with van der Waals surface area (Å²) < 4.78 is 0. The molecule has 4 nitrogen and oxygen atoms in total. The molecule has 0 atom stereocenters. The fourth-order valence-corrected chi connectivity index (χ4v) is 2.38. The van der Waals surface area contributed by atoms with Gasteiger partial charge < -0.3 is 15.6 Å². The zero-order valence-electron chi connectivity index (χ0n) is 10.7. The Labute approximate surface area is 111 Å². The van der Waals surface area contributed by atoms with Crippen LogP contribution in [-0.2, 0) is 0 Å². The number of benzene rings is 1. The second-order valence-electron chi connectivity index (χ2n) is 4.75. The van der Waals surface area contributed by atoms with Crippen molar-refractivity contribution in [2.24, 2.45) is 0 Å². The molecule has 2 heterocycles. The third kappa shape index (κ3) is 2.53. The third-order valence-corrected chi connectivity index (χ3v) is 3.47. The van der Waals surface area contributed by atoms with Crippen LogP contribution in [0.25, 0.3) is 10.9 Å². The minimum atomic E-state index is -0.0168. The van der Waals surface area contributed by atoms with Crippen molar-refractivity contribution < 1.29 is 4.79 Å². The van der Waals surface area contributed by atoms with Crippen LogP contribution in [0.1, 0.15) is 16.8 Å². The van der Waals surface area contributed by atoms with E-state index in [1.165, 1.54) is 5.57 Å². The molecular weight excluding hydrogens is 238 g/mol. The monoisotopic (exact) mass is 255 g/mol. The molecule has 1 amide bonds. The fraction of sp³-hybridized carbons (Fsp3) is 0.267. The van der Waals surface area contributed by atoms with Crippen LogP contribution in [0, 0.1) is 0 Å². The Morgan fingerprint density at radius 1 is 1.32 bits per heavy atom. The lowest BCUT2D eigenvalue weighted by Gasteiger charge is -2.14. The van der Waals surface area contributed by atoms with Gasteiger partial charge >= 0.3 is 0 Å². The van der Waals surface area contributed by atoms with Gasteiger partial charge in [0.15, 0.2) is 0 Å². The average Bonchev–Trinajstić information content (AvgIpc) is 2.90. The van der Waals surface area contributed by atoms with Crippen LogP contribution in [0.2, 0.25) is 0 Å². The molecule has 2 aromatic rings. The predicted octanol–water partition coefficient (Wildman–Crippen LogP) is 1.82. The lowest BCUT2D eigenvalue weighted by molar-refractivity contribution is 0.0958. The standard InChI is InChI=1S/C15H17N3O/c19-15(18-9-11-5-7-16-8-6-11)13-10-17-14-4-2-1-3-12(13)14/h1-5,10,16-17H,6-9H2,(H,18,19). The number of nitrogens with one attached hydrogen (secondary N) is 3. The van der Waals surface area contributed by atoms with Gasteiger partial charge in [0, 0.05) is 30.2 Å². The number of rotatable bonds is 3. The van der Waals surface area contributed by atoms with Gasteiger partial charge in [0.25, 0.3) is 5.91 Å². The molecule has 0 saturated carbocycles. The average molecular weight is 255 g/mol. The number of para-hydroxylation sites is 1. The number of aromatic nitrogens is 1. The molecule has 0 saturated heterocycles. The first-order chi connectivity index (χ1) is 9.34. The Bertz CT molecular complexity index is 627. The van der Waals surface area contributed by atoms with Crippen molar-refractivity contribution >= 4 is 16.8 Å². The summed E-state index contributed by atoms with van der Waals surface area (Å²) in [5.74, 6) is -0.0168. The molecular formula is C15H17N3O. The number of amides is 1. The van der Waals surface area contributed by atoms with Crippen LogP contribution >= 0.6 is 0 Å². The summed E-state index contributed by atoms with van der Waals surface area (Å²) in [4.78, 5) is 15.3. The summed E-state index contributed by atoms with van der Waals surface area (Å²) in [7, 11) is 0. The molecule has 0 bridgehead atoms. The third-order valence-electron chi connectivity index (χ3n) is 3.47. The van der Waals surface area contributed by atoms with Gasteiger partial charge in [0.05, 0.1) is 5.56 Å². The van der Waals surface area contributed by atoms with Crippen LogP contribution in [0.15, 0.2) is 42.1 Å². The summed E-state index contributed by atoms with van der Waals surface area (Å²) >= 11 is 0. The van der Waals surface area contributed by atoms with Gasteiger partial charge in [0.1, 0.15) is 0 Å². The number of hydrogen-bond acceptors (Lipinski definition) is 2. The number of H-pyrrole nitrogens is 1. The summed E-state index contributed by atoms with van der Waals surface area (Å²) in [5, 5.41) is 7.22. The van der Waals surface area contributed by atoms with Gasteiger partial charge in [-0.3, -0.25) is 4.79 Å². The zero-order chi connectivity index (χ0) is 13.1. The largest absolute Gasteiger partial charge is 0.360 e. The van der Waals surface area contributed by atoms with Crippen molar-refractivity contribution in [3.05, 3.63) is 47.7 Å². The van der Waals surface area contributed by atoms with Crippen molar-refractivity contribution in [1.82, 2.24) is 15.6 Å². The van der Waals surface area contributed by atoms with Gasteiger partial charge in [-0.2, -0.15) is 0 Å². The van der Waals surface area contributed by atoms with Gasteiger partial charge in [0.2, 0.25) is 0 Å². The molecule has 1 aliphatic rings. The van der Waals surface area contributed by atoms with E-state index in [-0.39, 0.29) is 5.91 Å². The molecule has 0 unspecified atom stereocenters. The number of fused-ring (bicyclic) bond motifs is 1. The van der Waals surface area contributed by atoms with Gasteiger partial charge in [-0.15, -0.1) is 0 Å². The first-order valence-electron chi connectivity index (χ1n) is 6.57. The first-order valence-corrected chi connectivity index (χ1v) is 6.57. The van der Waals surface area contributed by atoms with E-state index < -0.39 is 0 Å². The molecule has 0 fully saturated rings. The van der Waals surface area contributed by atoms with E-state index in [0.717, 1.165) is 30.4 Å². The van der Waals surface area contributed by atoms with E-state index in [4.69, 9.17) is 0 Å². The highest BCUT2D eigenvalue weighted by atomic mass is 16.1. The van der Waals surface area contributed by atoms with Crippen molar-refractivity contribution in [1.29, 1.82) is 0 Å². The topological polar surface area (TPSA) is 56.9 Å². The number of aromatic amines is 1. The SMILES string of the molecule is O=C(NCC1=CCNCC1)c1c[nH]c2ccccc12. The Hall–Kier alpha value is -2.07. The highest BCUT2D eigenvalue weighted by molar-refractivity contribution is 6.06. The van der Waals surface area contributed by atoms with Crippen LogP contribution in [0.3, 0.4) is 0 Å². The molecule has 98 valence electrons. The van der Waals surface area contributed by atoms with E-state index in [1.54, 1.807) is 6.20 Å². The van der Waals surface area contributed by atoms with Crippen molar-refractivity contribution in [2.75, 3.05) is 19.6 Å². The lowest BCUT2D eigenvalue weighted by atomic mass is 10.1. The Morgan fingerprint density at radius 3 is 3.05 bits per heavy atom. The van der Waals surface area contributed by atoms with E-state index >= 15 is 0 Å². The summed E-state index contributed by atoms with van der Waals surface area (Å²) in [5.41, 5.74) is 3.01. The second-order valence-corrected chi connectivity index (χ2v) is 4.75. The summed E-state index contributed by atoms with van der Waals surface area (Å²) in [6.07, 6.45) is 4.93. The van der Waals surface area contributed by atoms with E-state index in [0.29, 0.717) is 12.1 Å². The molecule has 1 aromatic carbocycles. The molecule has 3 N–H and O–H groups in total. The molecule has 1 aromatic heterocycles.